The Morgan fingerprint density at radius 1 is 1.60 bits per heavy atom. The zero-order valence-corrected chi connectivity index (χ0v) is 8.82. The van der Waals surface area contributed by atoms with Crippen molar-refractivity contribution in [3.05, 3.63) is 41.5 Å². The Balaban J connectivity index is 2.41. The molecule has 2 rings (SSSR count). The lowest BCUT2D eigenvalue weighted by molar-refractivity contribution is 0.102. The molecular weight excluding hydrogens is 190 g/mol. The van der Waals surface area contributed by atoms with Crippen molar-refractivity contribution in [1.29, 1.82) is 0 Å². The lowest BCUT2D eigenvalue weighted by Crippen LogP contribution is -2.10. The molecule has 0 aliphatic carbocycles. The van der Waals surface area contributed by atoms with Crippen molar-refractivity contribution >= 4 is 5.78 Å². The molecule has 1 N–H and O–H groups in total. The van der Waals surface area contributed by atoms with E-state index >= 15 is 0 Å². The molecule has 15 heavy (non-hydrogen) atoms. The fourth-order valence-electron chi connectivity index (χ4n) is 1.58. The van der Waals surface area contributed by atoms with Crippen LogP contribution in [-0.2, 0) is 6.54 Å². The minimum atomic E-state index is -0.0116. The lowest BCUT2D eigenvalue weighted by atomic mass is 10.2. The maximum Gasteiger partial charge on any atom is 0.227 e. The van der Waals surface area contributed by atoms with Crippen LogP contribution in [0.2, 0.25) is 0 Å². The van der Waals surface area contributed by atoms with Gasteiger partial charge in [-0.15, -0.1) is 0 Å². The van der Waals surface area contributed by atoms with Gasteiger partial charge in [-0.1, -0.05) is 0 Å². The topological polar surface area (TPSA) is 50.7 Å². The number of ketones is 1. The molecule has 0 bridgehead atoms. The number of aryl methyl sites for hydroxylation is 2. The van der Waals surface area contributed by atoms with E-state index < -0.39 is 0 Å². The second-order valence-electron chi connectivity index (χ2n) is 3.40. The van der Waals surface area contributed by atoms with Crippen LogP contribution >= 0.6 is 0 Å². The summed E-state index contributed by atoms with van der Waals surface area (Å²) in [7, 11) is 0. The molecular formula is C11H13N3O. The maximum absolute atomic E-state index is 12.0. The normalized spacial score (nSPS) is 10.5. The summed E-state index contributed by atoms with van der Waals surface area (Å²) in [5, 5.41) is 4.24. The van der Waals surface area contributed by atoms with E-state index in [1.807, 2.05) is 26.0 Å². The van der Waals surface area contributed by atoms with E-state index in [4.69, 9.17) is 0 Å². The highest BCUT2D eigenvalue weighted by Gasteiger charge is 2.15. The van der Waals surface area contributed by atoms with Gasteiger partial charge in [0.15, 0.2) is 0 Å². The Kier molecular flexibility index (Phi) is 2.41. The molecule has 2 aromatic heterocycles. The third-order valence-corrected chi connectivity index (χ3v) is 2.28. The predicted molar refractivity (Wildman–Crippen MR) is 56.9 cm³/mol. The highest BCUT2D eigenvalue weighted by Crippen LogP contribution is 2.09. The van der Waals surface area contributed by atoms with Crippen molar-refractivity contribution in [3.8, 4) is 0 Å². The number of carbonyl (C=O) groups excluding carboxylic acids is 1. The number of carbonyl (C=O) groups is 1. The van der Waals surface area contributed by atoms with Crippen LogP contribution in [0.4, 0.5) is 0 Å². The van der Waals surface area contributed by atoms with Gasteiger partial charge in [0.05, 0.1) is 11.4 Å². The summed E-state index contributed by atoms with van der Waals surface area (Å²) in [6.07, 6.45) is 1.74. The molecule has 0 atom stereocenters. The van der Waals surface area contributed by atoms with E-state index in [0.717, 1.165) is 5.69 Å². The van der Waals surface area contributed by atoms with Crippen LogP contribution < -0.4 is 0 Å². The molecule has 0 radical (unpaired) electrons. The third-order valence-electron chi connectivity index (χ3n) is 2.28. The smallest absolute Gasteiger partial charge is 0.227 e. The summed E-state index contributed by atoms with van der Waals surface area (Å²) in [5.41, 5.74) is 2.11. The first-order chi connectivity index (χ1) is 7.22. The quantitative estimate of drug-likeness (QED) is 0.773. The molecule has 0 fully saturated rings. The molecule has 4 heteroatoms. The Morgan fingerprint density at radius 2 is 2.40 bits per heavy atom. The van der Waals surface area contributed by atoms with Crippen molar-refractivity contribution in [3.63, 3.8) is 0 Å². The van der Waals surface area contributed by atoms with E-state index in [-0.39, 0.29) is 5.78 Å². The third kappa shape index (κ3) is 1.70. The summed E-state index contributed by atoms with van der Waals surface area (Å²) >= 11 is 0. The van der Waals surface area contributed by atoms with Crippen LogP contribution in [0.15, 0.2) is 24.4 Å². The maximum atomic E-state index is 12.0. The highest BCUT2D eigenvalue weighted by molar-refractivity contribution is 6.06. The fourth-order valence-corrected chi connectivity index (χ4v) is 1.58. The Morgan fingerprint density at radius 3 is 3.00 bits per heavy atom. The largest absolute Gasteiger partial charge is 0.358 e. The second kappa shape index (κ2) is 3.73. The van der Waals surface area contributed by atoms with E-state index in [1.165, 1.54) is 0 Å². The molecule has 0 unspecified atom stereocenters. The van der Waals surface area contributed by atoms with Crippen molar-refractivity contribution in [2.75, 3.05) is 0 Å². The van der Waals surface area contributed by atoms with E-state index in [0.29, 0.717) is 17.9 Å². The van der Waals surface area contributed by atoms with Crippen LogP contribution in [0.1, 0.15) is 28.8 Å². The van der Waals surface area contributed by atoms with E-state index in [1.54, 1.807) is 16.9 Å². The Labute approximate surface area is 87.9 Å². The summed E-state index contributed by atoms with van der Waals surface area (Å²) < 4.78 is 1.72. The van der Waals surface area contributed by atoms with Gasteiger partial charge in [-0.3, -0.25) is 9.48 Å². The molecule has 0 amide bonds. The number of nitrogens with one attached hydrogen (secondary N) is 1. The average molecular weight is 203 g/mol. The SMILES string of the molecule is CCn1nc(C)cc1C(=O)c1ccc[nH]1. The van der Waals surface area contributed by atoms with Gasteiger partial charge in [0, 0.05) is 12.7 Å². The van der Waals surface area contributed by atoms with E-state index in [9.17, 15) is 4.79 Å². The number of aromatic nitrogens is 3. The van der Waals surface area contributed by atoms with Crippen molar-refractivity contribution in [2.45, 2.75) is 20.4 Å². The molecule has 0 saturated heterocycles. The first-order valence-electron chi connectivity index (χ1n) is 4.95. The Bertz CT molecular complexity index is 468. The molecule has 0 aliphatic heterocycles. The van der Waals surface area contributed by atoms with Crippen molar-refractivity contribution < 1.29 is 4.79 Å². The van der Waals surface area contributed by atoms with E-state index in [2.05, 4.69) is 10.1 Å². The summed E-state index contributed by atoms with van der Waals surface area (Å²) in [6.45, 7) is 4.56. The van der Waals surface area contributed by atoms with Gasteiger partial charge >= 0.3 is 0 Å². The zero-order chi connectivity index (χ0) is 10.8. The number of H-pyrrole nitrogens is 1. The molecule has 4 nitrogen and oxygen atoms in total. The molecule has 0 spiro atoms. The number of hydrogen-bond acceptors (Lipinski definition) is 2. The molecule has 2 heterocycles. The highest BCUT2D eigenvalue weighted by atomic mass is 16.1. The number of rotatable bonds is 3. The van der Waals surface area contributed by atoms with Crippen LogP contribution in [-0.4, -0.2) is 20.5 Å². The molecule has 0 aliphatic rings. The molecule has 0 saturated carbocycles. The van der Waals surface area contributed by atoms with Gasteiger partial charge in [-0.05, 0) is 32.0 Å². The van der Waals surface area contributed by atoms with Gasteiger partial charge in [-0.25, -0.2) is 0 Å². The molecule has 78 valence electrons. The first-order valence-corrected chi connectivity index (χ1v) is 4.95. The predicted octanol–water partition coefficient (Wildman–Crippen LogP) is 1.77. The van der Waals surface area contributed by atoms with Gasteiger partial charge in [0.2, 0.25) is 5.78 Å². The van der Waals surface area contributed by atoms with Gasteiger partial charge in [-0.2, -0.15) is 5.10 Å². The average Bonchev–Trinajstić information content (AvgIpc) is 2.84. The Hall–Kier alpha value is -1.84. The summed E-state index contributed by atoms with van der Waals surface area (Å²) in [5.74, 6) is -0.0116. The van der Waals surface area contributed by atoms with Crippen LogP contribution in [0.25, 0.3) is 0 Å². The van der Waals surface area contributed by atoms with Crippen molar-refractivity contribution in [2.24, 2.45) is 0 Å². The monoisotopic (exact) mass is 203 g/mol. The number of aromatic amines is 1. The zero-order valence-electron chi connectivity index (χ0n) is 8.82. The number of nitrogens with zero attached hydrogens (tertiary/aromatic N) is 2. The second-order valence-corrected chi connectivity index (χ2v) is 3.40. The summed E-state index contributed by atoms with van der Waals surface area (Å²) in [6, 6.07) is 5.39. The fraction of sp³-hybridized carbons (Fsp3) is 0.273. The number of hydrogen-bond donors (Lipinski definition) is 1. The van der Waals surface area contributed by atoms with Crippen LogP contribution in [0.3, 0.4) is 0 Å². The van der Waals surface area contributed by atoms with Gasteiger partial charge < -0.3 is 4.98 Å². The minimum Gasteiger partial charge on any atom is -0.358 e. The van der Waals surface area contributed by atoms with Gasteiger partial charge in [0.25, 0.3) is 0 Å². The first kappa shape index (κ1) is 9.71. The molecule has 0 aromatic carbocycles. The van der Waals surface area contributed by atoms with Crippen LogP contribution in [0, 0.1) is 6.92 Å². The standard InChI is InChI=1S/C11H13N3O/c1-3-14-10(7-8(2)13-14)11(15)9-5-4-6-12-9/h4-7,12H,3H2,1-2H3. The minimum absolute atomic E-state index is 0.0116. The molecule has 2 aromatic rings. The van der Waals surface area contributed by atoms with Gasteiger partial charge in [0.1, 0.15) is 5.69 Å². The lowest BCUT2D eigenvalue weighted by Gasteiger charge is -2.01. The van der Waals surface area contributed by atoms with Crippen molar-refractivity contribution in [1.82, 2.24) is 14.8 Å². The van der Waals surface area contributed by atoms with Crippen LogP contribution in [0.5, 0.6) is 0 Å². The summed E-state index contributed by atoms with van der Waals surface area (Å²) in [4.78, 5) is 14.9.